The summed E-state index contributed by atoms with van der Waals surface area (Å²) in [6.07, 6.45) is 6.17. The predicted molar refractivity (Wildman–Crippen MR) is 87.7 cm³/mol. The van der Waals surface area contributed by atoms with E-state index in [1.807, 2.05) is 6.07 Å². The molecule has 3 heteroatoms. The molecule has 122 valence electrons. The zero-order valence-corrected chi connectivity index (χ0v) is 14.1. The van der Waals surface area contributed by atoms with Gasteiger partial charge in [0.2, 0.25) is 0 Å². The third kappa shape index (κ3) is 3.95. The van der Waals surface area contributed by atoms with Crippen LogP contribution in [-0.4, -0.2) is 24.9 Å². The molecular weight excluding hydrogens is 276 g/mol. The van der Waals surface area contributed by atoms with Crippen molar-refractivity contribution in [3.8, 4) is 11.5 Å². The Bertz CT molecular complexity index is 509. The second-order valence-electron chi connectivity index (χ2n) is 7.25. The molecule has 3 rings (SSSR count). The maximum Gasteiger partial charge on any atom is 0.126 e. The van der Waals surface area contributed by atoms with Crippen LogP contribution in [0.2, 0.25) is 0 Å². The first-order valence-electron chi connectivity index (χ1n) is 8.61. The Kier molecular flexibility index (Phi) is 4.62. The number of hydrogen-bond acceptors (Lipinski definition) is 3. The predicted octanol–water partition coefficient (Wildman–Crippen LogP) is 4.37. The van der Waals surface area contributed by atoms with Gasteiger partial charge in [-0.2, -0.15) is 0 Å². The van der Waals surface area contributed by atoms with E-state index in [9.17, 15) is 0 Å². The zero-order valence-electron chi connectivity index (χ0n) is 14.1. The molecule has 0 spiro atoms. The largest absolute Gasteiger partial charge is 0.493 e. The van der Waals surface area contributed by atoms with Crippen molar-refractivity contribution >= 4 is 0 Å². The molecular formula is C19H28O3. The lowest BCUT2D eigenvalue weighted by Crippen LogP contribution is -2.09. The standard InChI is InChI=1S/C19H28O3/c1-14(6-9-18-19(2,3)22-18)10-12-20-16-8-7-15-5-4-11-21-17(15)13-16/h7-8,13-14,18H,4-6,9-12H2,1-3H3. The van der Waals surface area contributed by atoms with E-state index in [1.165, 1.54) is 18.4 Å². The highest BCUT2D eigenvalue weighted by molar-refractivity contribution is 5.41. The molecule has 2 atom stereocenters. The summed E-state index contributed by atoms with van der Waals surface area (Å²) in [7, 11) is 0. The topological polar surface area (TPSA) is 31.0 Å². The first-order valence-corrected chi connectivity index (χ1v) is 8.61. The van der Waals surface area contributed by atoms with Crippen molar-refractivity contribution in [3.05, 3.63) is 23.8 Å². The molecule has 0 radical (unpaired) electrons. The number of ether oxygens (including phenoxy) is 3. The van der Waals surface area contributed by atoms with Gasteiger partial charge in [-0.25, -0.2) is 0 Å². The highest BCUT2D eigenvalue weighted by atomic mass is 16.6. The summed E-state index contributed by atoms with van der Waals surface area (Å²) in [6, 6.07) is 6.25. The summed E-state index contributed by atoms with van der Waals surface area (Å²) < 4.78 is 17.2. The minimum atomic E-state index is 0.124. The van der Waals surface area contributed by atoms with Gasteiger partial charge in [0.15, 0.2) is 0 Å². The maximum atomic E-state index is 5.89. The third-order valence-corrected chi connectivity index (χ3v) is 4.85. The molecule has 1 fully saturated rings. The van der Waals surface area contributed by atoms with Crippen LogP contribution in [0.3, 0.4) is 0 Å². The van der Waals surface area contributed by atoms with Gasteiger partial charge in [0.05, 0.1) is 24.9 Å². The van der Waals surface area contributed by atoms with E-state index in [0.29, 0.717) is 12.0 Å². The number of aryl methyl sites for hydroxylation is 1. The van der Waals surface area contributed by atoms with Crippen LogP contribution < -0.4 is 9.47 Å². The highest BCUT2D eigenvalue weighted by Crippen LogP contribution is 2.39. The van der Waals surface area contributed by atoms with Crippen LogP contribution in [0.5, 0.6) is 11.5 Å². The van der Waals surface area contributed by atoms with Crippen molar-refractivity contribution in [1.29, 1.82) is 0 Å². The van der Waals surface area contributed by atoms with Crippen molar-refractivity contribution in [2.45, 2.75) is 64.6 Å². The van der Waals surface area contributed by atoms with E-state index in [1.54, 1.807) is 0 Å². The zero-order chi connectivity index (χ0) is 15.6. The third-order valence-electron chi connectivity index (χ3n) is 4.85. The summed E-state index contributed by atoms with van der Waals surface area (Å²) in [5.41, 5.74) is 1.43. The number of hydrogen-bond donors (Lipinski definition) is 0. The molecule has 0 aromatic heterocycles. The first-order chi connectivity index (χ1) is 10.5. The molecule has 1 saturated heterocycles. The van der Waals surface area contributed by atoms with Crippen molar-refractivity contribution in [3.63, 3.8) is 0 Å². The quantitative estimate of drug-likeness (QED) is 0.701. The summed E-state index contributed by atoms with van der Waals surface area (Å²) in [5, 5.41) is 0. The van der Waals surface area contributed by atoms with Crippen molar-refractivity contribution in [2.24, 2.45) is 5.92 Å². The molecule has 0 saturated carbocycles. The summed E-state index contributed by atoms with van der Waals surface area (Å²) in [5.74, 6) is 2.61. The average molecular weight is 304 g/mol. The Balaban J connectivity index is 1.37. The molecule has 2 aliphatic heterocycles. The molecule has 1 aromatic rings. The second kappa shape index (κ2) is 6.49. The molecule has 22 heavy (non-hydrogen) atoms. The Morgan fingerprint density at radius 2 is 2.14 bits per heavy atom. The number of epoxide rings is 1. The van der Waals surface area contributed by atoms with E-state index >= 15 is 0 Å². The van der Waals surface area contributed by atoms with E-state index in [0.717, 1.165) is 44.0 Å². The number of fused-ring (bicyclic) bond motifs is 1. The van der Waals surface area contributed by atoms with Gasteiger partial charge in [0.25, 0.3) is 0 Å². The fraction of sp³-hybridized carbons (Fsp3) is 0.684. The van der Waals surface area contributed by atoms with Crippen molar-refractivity contribution < 1.29 is 14.2 Å². The molecule has 0 bridgehead atoms. The Morgan fingerprint density at radius 3 is 2.91 bits per heavy atom. The van der Waals surface area contributed by atoms with Gasteiger partial charge in [-0.05, 0) is 63.5 Å². The smallest absolute Gasteiger partial charge is 0.126 e. The molecule has 2 unspecified atom stereocenters. The SMILES string of the molecule is CC(CCOc1ccc2c(c1)OCCC2)CCC1OC1(C)C. The lowest BCUT2D eigenvalue weighted by Gasteiger charge is -2.18. The summed E-state index contributed by atoms with van der Waals surface area (Å²) >= 11 is 0. The second-order valence-corrected chi connectivity index (χ2v) is 7.25. The van der Waals surface area contributed by atoms with E-state index in [4.69, 9.17) is 14.2 Å². The van der Waals surface area contributed by atoms with Gasteiger partial charge in [-0.1, -0.05) is 13.0 Å². The van der Waals surface area contributed by atoms with Crippen LogP contribution in [0.4, 0.5) is 0 Å². The van der Waals surface area contributed by atoms with Gasteiger partial charge >= 0.3 is 0 Å². The van der Waals surface area contributed by atoms with Gasteiger partial charge in [-0.15, -0.1) is 0 Å². The Labute approximate surface area is 134 Å². The summed E-state index contributed by atoms with van der Waals surface area (Å²) in [4.78, 5) is 0. The van der Waals surface area contributed by atoms with E-state index in [-0.39, 0.29) is 5.60 Å². The fourth-order valence-electron chi connectivity index (χ4n) is 3.11. The number of benzene rings is 1. The van der Waals surface area contributed by atoms with Gasteiger partial charge in [0, 0.05) is 6.07 Å². The van der Waals surface area contributed by atoms with Gasteiger partial charge in [0.1, 0.15) is 11.5 Å². The lowest BCUT2D eigenvalue weighted by atomic mass is 9.98. The highest BCUT2D eigenvalue weighted by Gasteiger charge is 2.46. The molecule has 2 aliphatic rings. The molecule has 0 aliphatic carbocycles. The maximum absolute atomic E-state index is 5.89. The molecule has 1 aromatic carbocycles. The summed E-state index contributed by atoms with van der Waals surface area (Å²) in [6.45, 7) is 8.24. The van der Waals surface area contributed by atoms with Crippen LogP contribution in [0, 0.1) is 5.92 Å². The van der Waals surface area contributed by atoms with Crippen LogP contribution in [0.1, 0.15) is 52.0 Å². The molecule has 0 N–H and O–H groups in total. The van der Waals surface area contributed by atoms with E-state index < -0.39 is 0 Å². The van der Waals surface area contributed by atoms with Crippen LogP contribution in [0.15, 0.2) is 18.2 Å². The molecule has 3 nitrogen and oxygen atoms in total. The monoisotopic (exact) mass is 304 g/mol. The minimum Gasteiger partial charge on any atom is -0.493 e. The number of rotatable bonds is 7. The normalized spacial score (nSPS) is 23.3. The minimum absolute atomic E-state index is 0.124. The van der Waals surface area contributed by atoms with Crippen LogP contribution in [-0.2, 0) is 11.2 Å². The fourth-order valence-corrected chi connectivity index (χ4v) is 3.11. The molecule has 0 amide bonds. The molecule has 2 heterocycles. The van der Waals surface area contributed by atoms with Gasteiger partial charge < -0.3 is 14.2 Å². The Morgan fingerprint density at radius 1 is 1.32 bits per heavy atom. The lowest BCUT2D eigenvalue weighted by molar-refractivity contribution is 0.263. The Hall–Kier alpha value is -1.22. The van der Waals surface area contributed by atoms with Crippen LogP contribution >= 0.6 is 0 Å². The van der Waals surface area contributed by atoms with E-state index in [2.05, 4.69) is 32.9 Å². The van der Waals surface area contributed by atoms with Crippen molar-refractivity contribution in [1.82, 2.24) is 0 Å². The van der Waals surface area contributed by atoms with Gasteiger partial charge in [-0.3, -0.25) is 0 Å². The van der Waals surface area contributed by atoms with Crippen molar-refractivity contribution in [2.75, 3.05) is 13.2 Å². The first kappa shape index (κ1) is 15.7. The van der Waals surface area contributed by atoms with Crippen LogP contribution in [0.25, 0.3) is 0 Å². The average Bonchev–Trinajstić information content (AvgIpc) is 3.12.